The van der Waals surface area contributed by atoms with E-state index in [1.165, 1.54) is 0 Å². The zero-order valence-electron chi connectivity index (χ0n) is 9.88. The average molecular weight is 214 g/mol. The molecule has 0 aliphatic rings. The van der Waals surface area contributed by atoms with Gasteiger partial charge in [-0.1, -0.05) is 13.3 Å². The quantitative estimate of drug-likeness (QED) is 0.438. The van der Waals surface area contributed by atoms with Crippen LogP contribution in [0.1, 0.15) is 58.8 Å². The minimum absolute atomic E-state index is 0.0941. The van der Waals surface area contributed by atoms with Crippen LogP contribution in [0.2, 0.25) is 0 Å². The summed E-state index contributed by atoms with van der Waals surface area (Å²) in [6, 6.07) is 0. The summed E-state index contributed by atoms with van der Waals surface area (Å²) in [5.41, 5.74) is 0. The number of ether oxygens (including phenoxy) is 1. The van der Waals surface area contributed by atoms with Crippen molar-refractivity contribution in [3.8, 4) is 0 Å². The summed E-state index contributed by atoms with van der Waals surface area (Å²) < 4.78 is 5.03. The number of carbonyl (C=O) groups is 2. The molecule has 0 saturated heterocycles. The smallest absolute Gasteiger partial charge is 0.305 e. The molecule has 0 amide bonds. The standard InChI is InChI=1S/C12H22O3/c1-3-4-9-12(14)15-10-7-5-6-8-11(2)13/h3-10H2,1-2H3. The van der Waals surface area contributed by atoms with Crippen LogP contribution in [0, 0.1) is 0 Å². The van der Waals surface area contributed by atoms with Crippen molar-refractivity contribution in [1.29, 1.82) is 0 Å². The number of carbonyl (C=O) groups excluding carboxylic acids is 2. The number of unbranched alkanes of at least 4 members (excludes halogenated alkanes) is 3. The van der Waals surface area contributed by atoms with Crippen molar-refractivity contribution in [3.05, 3.63) is 0 Å². The molecule has 0 spiro atoms. The summed E-state index contributed by atoms with van der Waals surface area (Å²) in [7, 11) is 0. The topological polar surface area (TPSA) is 43.4 Å². The fourth-order valence-corrected chi connectivity index (χ4v) is 1.23. The van der Waals surface area contributed by atoms with E-state index in [4.69, 9.17) is 4.74 Å². The van der Waals surface area contributed by atoms with Gasteiger partial charge in [0, 0.05) is 12.8 Å². The van der Waals surface area contributed by atoms with E-state index in [-0.39, 0.29) is 11.8 Å². The van der Waals surface area contributed by atoms with Crippen LogP contribution in [0.25, 0.3) is 0 Å². The van der Waals surface area contributed by atoms with Gasteiger partial charge in [0.1, 0.15) is 5.78 Å². The van der Waals surface area contributed by atoms with Crippen LogP contribution in [0.5, 0.6) is 0 Å². The Hall–Kier alpha value is -0.860. The summed E-state index contributed by atoms with van der Waals surface area (Å²) in [4.78, 5) is 21.7. The molecule has 3 nitrogen and oxygen atoms in total. The highest BCUT2D eigenvalue weighted by Gasteiger charge is 2.01. The van der Waals surface area contributed by atoms with Crippen LogP contribution >= 0.6 is 0 Å². The Bertz CT molecular complexity index is 187. The molecule has 0 aromatic heterocycles. The van der Waals surface area contributed by atoms with Gasteiger partial charge in [0.2, 0.25) is 0 Å². The lowest BCUT2D eigenvalue weighted by Gasteiger charge is -2.03. The van der Waals surface area contributed by atoms with E-state index in [0.29, 0.717) is 19.4 Å². The van der Waals surface area contributed by atoms with Crippen LogP contribution in [0.4, 0.5) is 0 Å². The molecular weight excluding hydrogens is 192 g/mol. The van der Waals surface area contributed by atoms with E-state index < -0.39 is 0 Å². The Morgan fingerprint density at radius 1 is 1.00 bits per heavy atom. The first-order chi connectivity index (χ1) is 7.16. The predicted octanol–water partition coefficient (Wildman–Crippen LogP) is 2.87. The van der Waals surface area contributed by atoms with Gasteiger partial charge >= 0.3 is 5.97 Å². The molecule has 0 radical (unpaired) electrons. The molecule has 0 aromatic rings. The number of hydrogen-bond acceptors (Lipinski definition) is 3. The van der Waals surface area contributed by atoms with Gasteiger partial charge in [0.15, 0.2) is 0 Å². The van der Waals surface area contributed by atoms with E-state index in [1.807, 2.05) is 0 Å². The molecule has 0 heterocycles. The molecule has 0 fully saturated rings. The van der Waals surface area contributed by atoms with E-state index in [0.717, 1.165) is 32.1 Å². The van der Waals surface area contributed by atoms with Crippen molar-refractivity contribution in [1.82, 2.24) is 0 Å². The molecule has 0 aliphatic heterocycles. The third kappa shape index (κ3) is 11.1. The third-order valence-corrected chi connectivity index (χ3v) is 2.17. The Labute approximate surface area is 92.2 Å². The monoisotopic (exact) mass is 214 g/mol. The first-order valence-corrected chi connectivity index (χ1v) is 5.82. The minimum Gasteiger partial charge on any atom is -0.466 e. The molecule has 15 heavy (non-hydrogen) atoms. The van der Waals surface area contributed by atoms with Gasteiger partial charge in [-0.25, -0.2) is 0 Å². The number of esters is 1. The largest absolute Gasteiger partial charge is 0.466 e. The molecule has 0 atom stereocenters. The molecule has 0 aromatic carbocycles. The Balaban J connectivity index is 3.16. The number of rotatable bonds is 9. The Kier molecular flexibility index (Phi) is 9.13. The summed E-state index contributed by atoms with van der Waals surface area (Å²) in [5, 5.41) is 0. The maximum atomic E-state index is 11.1. The van der Waals surface area contributed by atoms with E-state index in [1.54, 1.807) is 6.92 Å². The van der Waals surface area contributed by atoms with Gasteiger partial charge in [-0.05, 0) is 32.6 Å². The second kappa shape index (κ2) is 9.69. The summed E-state index contributed by atoms with van der Waals surface area (Å²) in [6.07, 6.45) is 5.83. The highest BCUT2D eigenvalue weighted by molar-refractivity contribution is 5.75. The van der Waals surface area contributed by atoms with Gasteiger partial charge in [-0.15, -0.1) is 0 Å². The molecule has 0 aliphatic carbocycles. The second-order valence-electron chi connectivity index (χ2n) is 3.84. The van der Waals surface area contributed by atoms with Crippen LogP contribution in [0.15, 0.2) is 0 Å². The summed E-state index contributed by atoms with van der Waals surface area (Å²) in [5.74, 6) is 0.137. The first kappa shape index (κ1) is 14.1. The van der Waals surface area contributed by atoms with Crippen molar-refractivity contribution in [2.45, 2.75) is 58.8 Å². The van der Waals surface area contributed by atoms with E-state index in [9.17, 15) is 9.59 Å². The lowest BCUT2D eigenvalue weighted by Crippen LogP contribution is -2.05. The van der Waals surface area contributed by atoms with Gasteiger partial charge < -0.3 is 9.53 Å². The lowest BCUT2D eigenvalue weighted by molar-refractivity contribution is -0.143. The van der Waals surface area contributed by atoms with Crippen LogP contribution < -0.4 is 0 Å². The Morgan fingerprint density at radius 2 is 1.73 bits per heavy atom. The lowest BCUT2D eigenvalue weighted by atomic mass is 10.1. The SMILES string of the molecule is CCCCC(=O)OCCCCCC(C)=O. The van der Waals surface area contributed by atoms with Crippen molar-refractivity contribution in [3.63, 3.8) is 0 Å². The fourth-order valence-electron chi connectivity index (χ4n) is 1.23. The molecule has 88 valence electrons. The zero-order valence-corrected chi connectivity index (χ0v) is 9.88. The normalized spacial score (nSPS) is 10.0. The maximum Gasteiger partial charge on any atom is 0.305 e. The van der Waals surface area contributed by atoms with Crippen LogP contribution in [-0.4, -0.2) is 18.4 Å². The fraction of sp³-hybridized carbons (Fsp3) is 0.833. The van der Waals surface area contributed by atoms with Crippen molar-refractivity contribution in [2.24, 2.45) is 0 Å². The van der Waals surface area contributed by atoms with E-state index >= 15 is 0 Å². The molecule has 0 bridgehead atoms. The Morgan fingerprint density at radius 3 is 2.33 bits per heavy atom. The molecule has 0 unspecified atom stereocenters. The third-order valence-electron chi connectivity index (χ3n) is 2.17. The van der Waals surface area contributed by atoms with Gasteiger partial charge in [-0.2, -0.15) is 0 Å². The maximum absolute atomic E-state index is 11.1. The molecule has 3 heteroatoms. The van der Waals surface area contributed by atoms with Crippen LogP contribution in [-0.2, 0) is 14.3 Å². The summed E-state index contributed by atoms with van der Waals surface area (Å²) in [6.45, 7) is 4.15. The molecule has 0 saturated carbocycles. The molecule has 0 rings (SSSR count). The van der Waals surface area contributed by atoms with Crippen molar-refractivity contribution >= 4 is 11.8 Å². The molecular formula is C12H22O3. The highest BCUT2D eigenvalue weighted by Crippen LogP contribution is 2.02. The van der Waals surface area contributed by atoms with Gasteiger partial charge in [0.25, 0.3) is 0 Å². The van der Waals surface area contributed by atoms with Crippen LogP contribution in [0.3, 0.4) is 0 Å². The number of Topliss-reactive ketones (excluding diaryl/α,β-unsaturated/α-hetero) is 1. The number of ketones is 1. The summed E-state index contributed by atoms with van der Waals surface area (Å²) >= 11 is 0. The molecule has 0 N–H and O–H groups in total. The second-order valence-corrected chi connectivity index (χ2v) is 3.84. The van der Waals surface area contributed by atoms with E-state index in [2.05, 4.69) is 6.92 Å². The van der Waals surface area contributed by atoms with Crippen molar-refractivity contribution < 1.29 is 14.3 Å². The van der Waals surface area contributed by atoms with Gasteiger partial charge in [0.05, 0.1) is 6.61 Å². The predicted molar refractivity (Wildman–Crippen MR) is 59.6 cm³/mol. The average Bonchev–Trinajstić information content (AvgIpc) is 2.19. The van der Waals surface area contributed by atoms with Crippen molar-refractivity contribution in [2.75, 3.05) is 6.61 Å². The number of hydrogen-bond donors (Lipinski definition) is 0. The minimum atomic E-state index is -0.0941. The first-order valence-electron chi connectivity index (χ1n) is 5.82. The van der Waals surface area contributed by atoms with Gasteiger partial charge in [-0.3, -0.25) is 4.79 Å². The highest BCUT2D eigenvalue weighted by atomic mass is 16.5. The zero-order chi connectivity index (χ0) is 11.5.